The maximum atomic E-state index is 13.7. The summed E-state index contributed by atoms with van der Waals surface area (Å²) in [6.07, 6.45) is 3.33. The van der Waals surface area contributed by atoms with Gasteiger partial charge in [0, 0.05) is 0 Å². The van der Waals surface area contributed by atoms with Crippen molar-refractivity contribution in [2.24, 2.45) is 11.7 Å². The van der Waals surface area contributed by atoms with Gasteiger partial charge in [-0.2, -0.15) is 0 Å². The minimum atomic E-state index is -0.679. The molecule has 0 bridgehead atoms. The summed E-state index contributed by atoms with van der Waals surface area (Å²) < 4.78 is 13.7. The van der Waals surface area contributed by atoms with E-state index < -0.39 is 17.3 Å². The van der Waals surface area contributed by atoms with E-state index in [1.165, 1.54) is 12.1 Å². The predicted molar refractivity (Wildman–Crippen MR) is 81.0 cm³/mol. The summed E-state index contributed by atoms with van der Waals surface area (Å²) in [6.45, 7) is 2.17. The Hall–Kier alpha value is -1.49. The molecule has 1 aromatic carbocycles. The van der Waals surface area contributed by atoms with Crippen LogP contribution in [-0.2, 0) is 0 Å². The molecular weight excluding hydrogens is 275 g/mol. The summed E-state index contributed by atoms with van der Waals surface area (Å²) in [5, 5.41) is 2.86. The number of hydrogen-bond donors (Lipinski definition) is 2. The maximum Gasteiger partial charge on any atom is 0.255 e. The number of hydrogen-bond acceptors (Lipinski definition) is 2. The molecule has 0 aromatic heterocycles. The Labute approximate surface area is 123 Å². The van der Waals surface area contributed by atoms with Crippen molar-refractivity contribution in [1.82, 2.24) is 5.32 Å². The van der Waals surface area contributed by atoms with Crippen LogP contribution in [0.25, 0.3) is 0 Å². The molecule has 0 spiro atoms. The molecule has 0 aliphatic heterocycles. The first-order valence-electron chi connectivity index (χ1n) is 6.81. The van der Waals surface area contributed by atoms with Gasteiger partial charge in [0.05, 0.1) is 16.1 Å². The highest BCUT2D eigenvalue weighted by Gasteiger charge is 2.38. The van der Waals surface area contributed by atoms with Gasteiger partial charge in [0.2, 0.25) is 0 Å². The van der Waals surface area contributed by atoms with Gasteiger partial charge in [-0.15, -0.1) is 0 Å². The van der Waals surface area contributed by atoms with Gasteiger partial charge in [-0.1, -0.05) is 31.3 Å². The lowest BCUT2D eigenvalue weighted by Gasteiger charge is -2.39. The first-order chi connectivity index (χ1) is 9.44. The van der Waals surface area contributed by atoms with E-state index in [0.717, 1.165) is 12.8 Å². The van der Waals surface area contributed by atoms with Crippen LogP contribution in [0.15, 0.2) is 24.3 Å². The van der Waals surface area contributed by atoms with Crippen LogP contribution in [-0.4, -0.2) is 16.4 Å². The van der Waals surface area contributed by atoms with Crippen LogP contribution in [0.3, 0.4) is 0 Å². The van der Waals surface area contributed by atoms with Gasteiger partial charge in [-0.3, -0.25) is 4.79 Å². The molecule has 0 saturated heterocycles. The Morgan fingerprint density at radius 2 is 2.00 bits per heavy atom. The van der Waals surface area contributed by atoms with Gasteiger partial charge in [0.1, 0.15) is 5.82 Å². The fourth-order valence-corrected chi connectivity index (χ4v) is 2.87. The SMILES string of the molecule is CC1CCC(NC(=O)c2ccccc2F)(C(N)=S)CC1. The Balaban J connectivity index is 2.19. The third-order valence-corrected chi connectivity index (χ3v) is 4.46. The van der Waals surface area contributed by atoms with Crippen LogP contribution >= 0.6 is 12.2 Å². The van der Waals surface area contributed by atoms with E-state index in [4.69, 9.17) is 18.0 Å². The molecule has 1 fully saturated rings. The molecular formula is C15H19FN2OS. The minimum Gasteiger partial charge on any atom is -0.391 e. The lowest BCUT2D eigenvalue weighted by atomic mass is 9.77. The van der Waals surface area contributed by atoms with E-state index in [0.29, 0.717) is 18.8 Å². The topological polar surface area (TPSA) is 55.1 Å². The number of carbonyl (C=O) groups excluding carboxylic acids is 1. The monoisotopic (exact) mass is 294 g/mol. The second-order valence-corrected chi connectivity index (χ2v) is 6.00. The molecule has 1 aromatic rings. The minimum absolute atomic E-state index is 0.0294. The van der Waals surface area contributed by atoms with Crippen molar-refractivity contribution in [3.8, 4) is 0 Å². The van der Waals surface area contributed by atoms with Gasteiger partial charge in [-0.05, 0) is 43.7 Å². The smallest absolute Gasteiger partial charge is 0.255 e. The number of halogens is 1. The standard InChI is InChI=1S/C15H19FN2OS/c1-10-6-8-15(9-7-10,14(17)20)18-13(19)11-4-2-3-5-12(11)16/h2-5,10H,6-9H2,1H3,(H2,17,20)(H,18,19). The van der Waals surface area contributed by atoms with Crippen LogP contribution in [0.4, 0.5) is 4.39 Å². The molecule has 3 N–H and O–H groups in total. The molecule has 0 unspecified atom stereocenters. The van der Waals surface area contributed by atoms with E-state index in [1.54, 1.807) is 12.1 Å². The molecule has 0 atom stereocenters. The summed E-state index contributed by atoms with van der Waals surface area (Å²) in [4.78, 5) is 12.5. The fraction of sp³-hybridized carbons (Fsp3) is 0.467. The van der Waals surface area contributed by atoms with Crippen molar-refractivity contribution < 1.29 is 9.18 Å². The second-order valence-electron chi connectivity index (χ2n) is 5.56. The van der Waals surface area contributed by atoms with Crippen molar-refractivity contribution in [2.45, 2.75) is 38.1 Å². The number of nitrogens with one attached hydrogen (secondary N) is 1. The Bertz CT molecular complexity index is 524. The van der Waals surface area contributed by atoms with E-state index in [1.807, 2.05) is 0 Å². The van der Waals surface area contributed by atoms with Crippen LogP contribution < -0.4 is 11.1 Å². The van der Waals surface area contributed by atoms with E-state index >= 15 is 0 Å². The van der Waals surface area contributed by atoms with Gasteiger partial charge < -0.3 is 11.1 Å². The van der Waals surface area contributed by atoms with Crippen LogP contribution in [0.1, 0.15) is 43.0 Å². The first kappa shape index (κ1) is 14.9. The summed E-state index contributed by atoms with van der Waals surface area (Å²) in [6, 6.07) is 5.92. The summed E-state index contributed by atoms with van der Waals surface area (Å²) in [5.74, 6) is -0.388. The van der Waals surface area contributed by atoms with Crippen molar-refractivity contribution in [2.75, 3.05) is 0 Å². The Morgan fingerprint density at radius 1 is 1.40 bits per heavy atom. The average molecular weight is 294 g/mol. The van der Waals surface area contributed by atoms with Crippen LogP contribution in [0, 0.1) is 11.7 Å². The van der Waals surface area contributed by atoms with Crippen molar-refractivity contribution >= 4 is 23.1 Å². The molecule has 1 aliphatic carbocycles. The molecule has 1 amide bonds. The van der Waals surface area contributed by atoms with E-state index in [9.17, 15) is 9.18 Å². The summed E-state index contributed by atoms with van der Waals surface area (Å²) >= 11 is 5.14. The average Bonchev–Trinajstić information content (AvgIpc) is 2.41. The van der Waals surface area contributed by atoms with Crippen molar-refractivity contribution in [1.29, 1.82) is 0 Å². The van der Waals surface area contributed by atoms with Crippen LogP contribution in [0.2, 0.25) is 0 Å². The zero-order valence-corrected chi connectivity index (χ0v) is 12.3. The van der Waals surface area contributed by atoms with Gasteiger partial charge in [-0.25, -0.2) is 4.39 Å². The molecule has 20 heavy (non-hydrogen) atoms. The van der Waals surface area contributed by atoms with Gasteiger partial charge in [0.15, 0.2) is 0 Å². The molecule has 0 heterocycles. The number of benzene rings is 1. The number of carbonyl (C=O) groups is 1. The molecule has 3 nitrogen and oxygen atoms in total. The highest BCUT2D eigenvalue weighted by molar-refractivity contribution is 7.80. The van der Waals surface area contributed by atoms with Gasteiger partial charge >= 0.3 is 0 Å². The lowest BCUT2D eigenvalue weighted by Crippen LogP contribution is -2.58. The number of nitrogens with two attached hydrogens (primary N) is 1. The second kappa shape index (κ2) is 5.87. The van der Waals surface area contributed by atoms with Gasteiger partial charge in [0.25, 0.3) is 5.91 Å². The third-order valence-electron chi connectivity index (χ3n) is 4.07. The number of amides is 1. The number of thiocarbonyl (C=S) groups is 1. The third kappa shape index (κ3) is 2.98. The van der Waals surface area contributed by atoms with E-state index in [2.05, 4.69) is 12.2 Å². The quantitative estimate of drug-likeness (QED) is 0.843. The maximum absolute atomic E-state index is 13.7. The van der Waals surface area contributed by atoms with E-state index in [-0.39, 0.29) is 10.6 Å². The molecule has 0 radical (unpaired) electrons. The normalized spacial score (nSPS) is 26.0. The van der Waals surface area contributed by atoms with Crippen molar-refractivity contribution in [3.05, 3.63) is 35.6 Å². The Morgan fingerprint density at radius 3 is 2.55 bits per heavy atom. The highest BCUT2D eigenvalue weighted by atomic mass is 32.1. The molecule has 1 saturated carbocycles. The molecule has 108 valence electrons. The van der Waals surface area contributed by atoms with Crippen LogP contribution in [0.5, 0.6) is 0 Å². The highest BCUT2D eigenvalue weighted by Crippen LogP contribution is 2.32. The lowest BCUT2D eigenvalue weighted by molar-refractivity contribution is 0.0896. The number of rotatable bonds is 3. The molecule has 2 rings (SSSR count). The Kier molecular flexibility index (Phi) is 4.38. The largest absolute Gasteiger partial charge is 0.391 e. The zero-order chi connectivity index (χ0) is 14.8. The fourth-order valence-electron chi connectivity index (χ4n) is 2.62. The molecule has 5 heteroatoms. The first-order valence-corrected chi connectivity index (χ1v) is 7.22. The zero-order valence-electron chi connectivity index (χ0n) is 11.5. The predicted octanol–water partition coefficient (Wildman–Crippen LogP) is 2.79. The molecule has 1 aliphatic rings. The van der Waals surface area contributed by atoms with Crippen molar-refractivity contribution in [3.63, 3.8) is 0 Å². The summed E-state index contributed by atoms with van der Waals surface area (Å²) in [5.41, 5.74) is 5.19. The summed E-state index contributed by atoms with van der Waals surface area (Å²) in [7, 11) is 0.